The van der Waals surface area contributed by atoms with Crippen molar-refractivity contribution in [2.45, 2.75) is 45.7 Å². The lowest BCUT2D eigenvalue weighted by molar-refractivity contribution is -0.142. The summed E-state index contributed by atoms with van der Waals surface area (Å²) in [5.41, 5.74) is 0. The van der Waals surface area contributed by atoms with Gasteiger partial charge in [-0.3, -0.25) is 9.59 Å². The van der Waals surface area contributed by atoms with Crippen LogP contribution in [0, 0.1) is 11.8 Å². The topological polar surface area (TPSA) is 78.4 Å². The van der Waals surface area contributed by atoms with Gasteiger partial charge in [-0.05, 0) is 39.2 Å². The molecule has 0 bridgehead atoms. The van der Waals surface area contributed by atoms with Crippen LogP contribution in [-0.2, 0) is 9.59 Å². The van der Waals surface area contributed by atoms with Crippen LogP contribution in [-0.4, -0.2) is 35.6 Å². The molecule has 1 aliphatic rings. The number of carboxylic acid groups (broad SMARTS) is 1. The molecule has 4 unspecified atom stereocenters. The van der Waals surface area contributed by atoms with Crippen molar-refractivity contribution in [2.75, 3.05) is 6.54 Å². The summed E-state index contributed by atoms with van der Waals surface area (Å²) in [4.78, 5) is 22.7. The van der Waals surface area contributed by atoms with E-state index in [4.69, 9.17) is 5.11 Å². The van der Waals surface area contributed by atoms with Crippen molar-refractivity contribution in [1.29, 1.82) is 0 Å². The number of nitrogens with one attached hydrogen (secondary N) is 2. The normalized spacial score (nSPS) is 28.2. The zero-order valence-corrected chi connectivity index (χ0v) is 10.7. The van der Waals surface area contributed by atoms with Gasteiger partial charge in [0, 0.05) is 6.04 Å². The summed E-state index contributed by atoms with van der Waals surface area (Å²) < 4.78 is 0. The van der Waals surface area contributed by atoms with E-state index in [2.05, 4.69) is 17.6 Å². The molecule has 1 heterocycles. The Balaban J connectivity index is 2.45. The molecule has 0 aromatic heterocycles. The van der Waals surface area contributed by atoms with Crippen molar-refractivity contribution in [1.82, 2.24) is 10.6 Å². The molecule has 0 aliphatic carbocycles. The largest absolute Gasteiger partial charge is 0.481 e. The number of piperidine rings is 1. The molecular weight excluding hydrogens is 220 g/mol. The van der Waals surface area contributed by atoms with Gasteiger partial charge >= 0.3 is 5.97 Å². The average molecular weight is 242 g/mol. The summed E-state index contributed by atoms with van der Waals surface area (Å²) in [6.07, 6.45) is 1.91. The second kappa shape index (κ2) is 6.00. The van der Waals surface area contributed by atoms with Crippen molar-refractivity contribution >= 4 is 11.9 Å². The fraction of sp³-hybridized carbons (Fsp3) is 0.833. The molecule has 0 aromatic carbocycles. The summed E-state index contributed by atoms with van der Waals surface area (Å²) in [5.74, 6) is -1.00. The fourth-order valence-electron chi connectivity index (χ4n) is 1.97. The molecule has 1 fully saturated rings. The minimum Gasteiger partial charge on any atom is -0.481 e. The molecule has 5 nitrogen and oxygen atoms in total. The van der Waals surface area contributed by atoms with E-state index in [0.29, 0.717) is 5.92 Å². The standard InChI is InChI=1S/C12H22N2O3/c1-7-4-5-13-10(6-7)11(15)14-9(3)8(2)12(16)17/h7-10,13H,4-6H2,1-3H3,(H,14,15)(H,16,17). The molecule has 1 amide bonds. The van der Waals surface area contributed by atoms with Gasteiger partial charge in [0.15, 0.2) is 0 Å². The van der Waals surface area contributed by atoms with Crippen LogP contribution in [0.1, 0.15) is 33.6 Å². The van der Waals surface area contributed by atoms with E-state index in [0.717, 1.165) is 19.4 Å². The molecule has 0 radical (unpaired) electrons. The summed E-state index contributed by atoms with van der Waals surface area (Å²) in [5, 5.41) is 14.8. The Morgan fingerprint density at radius 2 is 2.06 bits per heavy atom. The number of carbonyl (C=O) groups is 2. The molecule has 17 heavy (non-hydrogen) atoms. The van der Waals surface area contributed by atoms with Crippen LogP contribution in [0.3, 0.4) is 0 Å². The highest BCUT2D eigenvalue weighted by Gasteiger charge is 2.27. The maximum atomic E-state index is 11.9. The first-order valence-corrected chi connectivity index (χ1v) is 6.18. The molecule has 98 valence electrons. The lowest BCUT2D eigenvalue weighted by atomic mass is 9.93. The molecule has 0 aromatic rings. The van der Waals surface area contributed by atoms with Crippen LogP contribution >= 0.6 is 0 Å². The smallest absolute Gasteiger partial charge is 0.308 e. The van der Waals surface area contributed by atoms with E-state index >= 15 is 0 Å². The molecule has 4 atom stereocenters. The second-order valence-corrected chi connectivity index (χ2v) is 5.06. The van der Waals surface area contributed by atoms with Gasteiger partial charge < -0.3 is 15.7 Å². The van der Waals surface area contributed by atoms with Gasteiger partial charge in [0.1, 0.15) is 0 Å². The Labute approximate surface area is 102 Å². The third kappa shape index (κ3) is 4.00. The van der Waals surface area contributed by atoms with E-state index in [9.17, 15) is 9.59 Å². The molecule has 0 spiro atoms. The monoisotopic (exact) mass is 242 g/mol. The highest BCUT2D eigenvalue weighted by atomic mass is 16.4. The summed E-state index contributed by atoms with van der Waals surface area (Å²) in [6, 6.07) is -0.527. The van der Waals surface area contributed by atoms with Gasteiger partial charge in [0.2, 0.25) is 5.91 Å². The van der Waals surface area contributed by atoms with Crippen molar-refractivity contribution in [3.63, 3.8) is 0 Å². The van der Waals surface area contributed by atoms with Crippen LogP contribution in [0.4, 0.5) is 0 Å². The Hall–Kier alpha value is -1.10. The first-order valence-electron chi connectivity index (χ1n) is 6.18. The van der Waals surface area contributed by atoms with Crippen LogP contribution in [0.15, 0.2) is 0 Å². The highest BCUT2D eigenvalue weighted by molar-refractivity contribution is 5.83. The van der Waals surface area contributed by atoms with Gasteiger partial charge in [-0.15, -0.1) is 0 Å². The summed E-state index contributed by atoms with van der Waals surface area (Å²) in [7, 11) is 0. The van der Waals surface area contributed by atoms with Crippen molar-refractivity contribution in [3.05, 3.63) is 0 Å². The number of aliphatic carboxylic acids is 1. The molecule has 1 aliphatic heterocycles. The number of carbonyl (C=O) groups excluding carboxylic acids is 1. The Morgan fingerprint density at radius 3 is 2.59 bits per heavy atom. The van der Waals surface area contributed by atoms with E-state index in [1.165, 1.54) is 0 Å². The number of carboxylic acids is 1. The van der Waals surface area contributed by atoms with Gasteiger partial charge in [0.25, 0.3) is 0 Å². The van der Waals surface area contributed by atoms with Gasteiger partial charge in [0.05, 0.1) is 12.0 Å². The lowest BCUT2D eigenvalue weighted by Crippen LogP contribution is -2.52. The number of hydrogen-bond donors (Lipinski definition) is 3. The van der Waals surface area contributed by atoms with Crippen LogP contribution in [0.2, 0.25) is 0 Å². The minimum absolute atomic E-state index is 0.0860. The summed E-state index contributed by atoms with van der Waals surface area (Å²) in [6.45, 7) is 6.31. The third-order valence-corrected chi connectivity index (χ3v) is 3.49. The Morgan fingerprint density at radius 1 is 1.41 bits per heavy atom. The van der Waals surface area contributed by atoms with Crippen molar-refractivity contribution < 1.29 is 14.7 Å². The average Bonchev–Trinajstić information content (AvgIpc) is 2.27. The highest BCUT2D eigenvalue weighted by Crippen LogP contribution is 2.15. The van der Waals surface area contributed by atoms with E-state index in [1.807, 2.05) is 0 Å². The lowest BCUT2D eigenvalue weighted by Gasteiger charge is -2.29. The first-order chi connectivity index (χ1) is 7.91. The van der Waals surface area contributed by atoms with Crippen molar-refractivity contribution in [3.8, 4) is 0 Å². The fourth-order valence-corrected chi connectivity index (χ4v) is 1.97. The minimum atomic E-state index is -0.886. The molecule has 3 N–H and O–H groups in total. The van der Waals surface area contributed by atoms with Crippen LogP contribution < -0.4 is 10.6 Å². The first kappa shape index (κ1) is 14.0. The molecule has 1 rings (SSSR count). The predicted molar refractivity (Wildman–Crippen MR) is 64.6 cm³/mol. The zero-order chi connectivity index (χ0) is 13.0. The second-order valence-electron chi connectivity index (χ2n) is 5.06. The molecular formula is C12H22N2O3. The van der Waals surface area contributed by atoms with E-state index in [-0.39, 0.29) is 18.0 Å². The maximum Gasteiger partial charge on any atom is 0.308 e. The van der Waals surface area contributed by atoms with Gasteiger partial charge in [-0.2, -0.15) is 0 Å². The Kier molecular flexibility index (Phi) is 4.93. The number of hydrogen-bond acceptors (Lipinski definition) is 3. The predicted octanol–water partition coefficient (Wildman–Crippen LogP) is 0.600. The van der Waals surface area contributed by atoms with Gasteiger partial charge in [-0.25, -0.2) is 0 Å². The zero-order valence-electron chi connectivity index (χ0n) is 10.7. The molecule has 0 saturated carbocycles. The number of amides is 1. The molecule has 5 heteroatoms. The SMILES string of the molecule is CC1CCNC(C(=O)NC(C)C(C)C(=O)O)C1. The van der Waals surface area contributed by atoms with E-state index in [1.54, 1.807) is 13.8 Å². The quantitative estimate of drug-likeness (QED) is 0.674. The summed E-state index contributed by atoms with van der Waals surface area (Å²) >= 11 is 0. The Bertz CT molecular complexity index is 293. The number of rotatable bonds is 4. The van der Waals surface area contributed by atoms with Gasteiger partial charge in [-0.1, -0.05) is 6.92 Å². The maximum absolute atomic E-state index is 11.9. The van der Waals surface area contributed by atoms with Crippen molar-refractivity contribution in [2.24, 2.45) is 11.8 Å². The molecule has 1 saturated heterocycles. The van der Waals surface area contributed by atoms with Crippen LogP contribution in [0.5, 0.6) is 0 Å². The van der Waals surface area contributed by atoms with E-state index < -0.39 is 11.9 Å². The van der Waals surface area contributed by atoms with Crippen LogP contribution in [0.25, 0.3) is 0 Å². The third-order valence-electron chi connectivity index (χ3n) is 3.49.